The predicted octanol–water partition coefficient (Wildman–Crippen LogP) is 2.28. The second kappa shape index (κ2) is 3.52. The first kappa shape index (κ1) is 9.21. The van der Waals surface area contributed by atoms with E-state index in [2.05, 4.69) is 11.1 Å². The molecule has 2 aromatic rings. The van der Waals surface area contributed by atoms with Crippen LogP contribution in [0, 0.1) is 0 Å². The molecule has 1 unspecified atom stereocenters. The number of amidine groups is 1. The van der Waals surface area contributed by atoms with E-state index in [4.69, 9.17) is 10.2 Å². The van der Waals surface area contributed by atoms with Crippen LogP contribution in [0.5, 0.6) is 0 Å². The van der Waals surface area contributed by atoms with Gasteiger partial charge in [-0.3, -0.25) is 4.99 Å². The van der Waals surface area contributed by atoms with Crippen LogP contribution in [0.2, 0.25) is 0 Å². The number of fused-ring (bicyclic) bond motifs is 1. The first-order chi connectivity index (χ1) is 7.84. The summed E-state index contributed by atoms with van der Waals surface area (Å²) in [6, 6.07) is 11.9. The van der Waals surface area contributed by atoms with E-state index >= 15 is 0 Å². The Hall–Kier alpha value is -2.03. The molecule has 2 heterocycles. The van der Waals surface area contributed by atoms with Gasteiger partial charge in [-0.15, -0.1) is 0 Å². The van der Waals surface area contributed by atoms with Crippen molar-refractivity contribution in [3.63, 3.8) is 0 Å². The van der Waals surface area contributed by atoms with Crippen molar-refractivity contribution >= 4 is 5.84 Å². The Morgan fingerprint density at radius 3 is 2.88 bits per heavy atom. The molecule has 0 spiro atoms. The molecule has 80 valence electrons. The summed E-state index contributed by atoms with van der Waals surface area (Å²) in [5.74, 6) is 1.47. The van der Waals surface area contributed by atoms with Crippen LogP contribution in [0.4, 0.5) is 0 Å². The van der Waals surface area contributed by atoms with Crippen LogP contribution < -0.4 is 5.73 Å². The fraction of sp³-hybridized carbons (Fsp3) is 0.154. The molecule has 0 fully saturated rings. The fourth-order valence-corrected chi connectivity index (χ4v) is 2.08. The highest BCUT2D eigenvalue weighted by atomic mass is 16.3. The highest BCUT2D eigenvalue weighted by Gasteiger charge is 2.21. The third-order valence-corrected chi connectivity index (χ3v) is 2.87. The third-order valence-electron chi connectivity index (χ3n) is 2.87. The van der Waals surface area contributed by atoms with Crippen LogP contribution in [0.15, 0.2) is 52.1 Å². The minimum Gasteiger partial charge on any atom is -0.467 e. The number of rotatable bonds is 1. The summed E-state index contributed by atoms with van der Waals surface area (Å²) in [5.41, 5.74) is 8.23. The van der Waals surface area contributed by atoms with E-state index in [0.717, 1.165) is 17.7 Å². The molecule has 0 saturated heterocycles. The van der Waals surface area contributed by atoms with Gasteiger partial charge in [-0.1, -0.05) is 24.3 Å². The number of hydrogen-bond donors (Lipinski definition) is 1. The minimum absolute atomic E-state index is 0.0184. The number of furan rings is 1. The molecule has 2 N–H and O–H groups in total. The van der Waals surface area contributed by atoms with E-state index in [0.29, 0.717) is 5.84 Å². The number of nitrogens with zero attached hydrogens (tertiary/aromatic N) is 1. The minimum atomic E-state index is 0.0184. The van der Waals surface area contributed by atoms with Gasteiger partial charge in [0.05, 0.1) is 6.26 Å². The zero-order chi connectivity index (χ0) is 11.0. The van der Waals surface area contributed by atoms with Gasteiger partial charge in [0, 0.05) is 12.0 Å². The Bertz CT molecular complexity index is 529. The van der Waals surface area contributed by atoms with Crippen molar-refractivity contribution in [2.45, 2.75) is 12.5 Å². The topological polar surface area (TPSA) is 51.5 Å². The van der Waals surface area contributed by atoms with Crippen LogP contribution in [0.25, 0.3) is 0 Å². The van der Waals surface area contributed by atoms with E-state index in [1.807, 2.05) is 30.3 Å². The summed E-state index contributed by atoms with van der Waals surface area (Å²) in [6.45, 7) is 0. The van der Waals surface area contributed by atoms with Crippen molar-refractivity contribution in [1.29, 1.82) is 0 Å². The van der Waals surface area contributed by atoms with E-state index in [9.17, 15) is 0 Å². The summed E-state index contributed by atoms with van der Waals surface area (Å²) in [5, 5.41) is 0. The Morgan fingerprint density at radius 2 is 2.06 bits per heavy atom. The standard InChI is InChI=1S/C13H12N2O/c14-13-10-5-2-1-4-9(10)8-11(15-13)12-6-3-7-16-12/h1-7,11H,8H2,(H2,14,15). The number of benzene rings is 1. The normalized spacial score (nSPS) is 19.0. The molecule has 1 aliphatic heterocycles. The number of hydrogen-bond acceptors (Lipinski definition) is 3. The lowest BCUT2D eigenvalue weighted by Crippen LogP contribution is -2.22. The van der Waals surface area contributed by atoms with Crippen LogP contribution in [0.1, 0.15) is 22.9 Å². The smallest absolute Gasteiger partial charge is 0.128 e. The molecule has 1 aromatic carbocycles. The van der Waals surface area contributed by atoms with E-state index in [1.54, 1.807) is 6.26 Å². The summed E-state index contributed by atoms with van der Waals surface area (Å²) in [7, 11) is 0. The molecule has 16 heavy (non-hydrogen) atoms. The van der Waals surface area contributed by atoms with Crippen molar-refractivity contribution in [2.75, 3.05) is 0 Å². The summed E-state index contributed by atoms with van der Waals surface area (Å²) >= 11 is 0. The van der Waals surface area contributed by atoms with Gasteiger partial charge in [-0.05, 0) is 17.7 Å². The van der Waals surface area contributed by atoms with E-state index < -0.39 is 0 Å². The maximum Gasteiger partial charge on any atom is 0.128 e. The van der Waals surface area contributed by atoms with Crippen LogP contribution in [-0.4, -0.2) is 5.84 Å². The van der Waals surface area contributed by atoms with Gasteiger partial charge in [0.25, 0.3) is 0 Å². The zero-order valence-electron chi connectivity index (χ0n) is 8.76. The van der Waals surface area contributed by atoms with Crippen molar-refractivity contribution in [1.82, 2.24) is 0 Å². The molecule has 1 atom stereocenters. The van der Waals surface area contributed by atoms with Crippen molar-refractivity contribution in [3.05, 3.63) is 59.5 Å². The molecule has 0 amide bonds. The SMILES string of the molecule is NC1=NC(c2ccco2)Cc2ccccc21. The summed E-state index contributed by atoms with van der Waals surface area (Å²) in [6.07, 6.45) is 2.52. The maximum atomic E-state index is 5.95. The monoisotopic (exact) mass is 212 g/mol. The predicted molar refractivity (Wildman–Crippen MR) is 62.3 cm³/mol. The van der Waals surface area contributed by atoms with Gasteiger partial charge in [0.2, 0.25) is 0 Å². The van der Waals surface area contributed by atoms with Gasteiger partial charge in [-0.2, -0.15) is 0 Å². The maximum absolute atomic E-state index is 5.95. The zero-order valence-corrected chi connectivity index (χ0v) is 8.76. The van der Waals surface area contributed by atoms with Crippen molar-refractivity contribution in [3.8, 4) is 0 Å². The lowest BCUT2D eigenvalue weighted by Gasteiger charge is -2.19. The molecule has 0 radical (unpaired) electrons. The van der Waals surface area contributed by atoms with E-state index in [-0.39, 0.29) is 6.04 Å². The molecular weight excluding hydrogens is 200 g/mol. The van der Waals surface area contributed by atoms with Gasteiger partial charge < -0.3 is 10.2 Å². The molecule has 0 saturated carbocycles. The van der Waals surface area contributed by atoms with Gasteiger partial charge >= 0.3 is 0 Å². The van der Waals surface area contributed by atoms with Crippen LogP contribution >= 0.6 is 0 Å². The summed E-state index contributed by atoms with van der Waals surface area (Å²) < 4.78 is 5.37. The molecule has 0 bridgehead atoms. The largest absolute Gasteiger partial charge is 0.467 e. The Morgan fingerprint density at radius 1 is 1.19 bits per heavy atom. The lowest BCUT2D eigenvalue weighted by molar-refractivity contribution is 0.463. The van der Waals surface area contributed by atoms with Gasteiger partial charge in [0.1, 0.15) is 17.6 Å². The van der Waals surface area contributed by atoms with Crippen molar-refractivity contribution in [2.24, 2.45) is 10.7 Å². The number of nitrogens with two attached hydrogens (primary N) is 1. The second-order valence-corrected chi connectivity index (χ2v) is 3.91. The average Bonchev–Trinajstić information content (AvgIpc) is 2.82. The van der Waals surface area contributed by atoms with Crippen LogP contribution in [-0.2, 0) is 6.42 Å². The number of aliphatic imine (C=N–C) groups is 1. The Balaban J connectivity index is 2.03. The molecule has 1 aliphatic rings. The third kappa shape index (κ3) is 1.41. The molecule has 3 heteroatoms. The van der Waals surface area contributed by atoms with Gasteiger partial charge in [-0.25, -0.2) is 0 Å². The Labute approximate surface area is 93.6 Å². The molecule has 3 nitrogen and oxygen atoms in total. The Kier molecular flexibility index (Phi) is 2.03. The first-order valence-corrected chi connectivity index (χ1v) is 5.29. The lowest BCUT2D eigenvalue weighted by atomic mass is 9.95. The first-order valence-electron chi connectivity index (χ1n) is 5.29. The second-order valence-electron chi connectivity index (χ2n) is 3.91. The fourth-order valence-electron chi connectivity index (χ4n) is 2.08. The molecular formula is C13H12N2O. The van der Waals surface area contributed by atoms with E-state index in [1.165, 1.54) is 5.56 Å². The quantitative estimate of drug-likeness (QED) is 0.788. The van der Waals surface area contributed by atoms with Crippen molar-refractivity contribution < 1.29 is 4.42 Å². The molecule has 3 rings (SSSR count). The molecule has 1 aromatic heterocycles. The highest BCUT2D eigenvalue weighted by Crippen LogP contribution is 2.28. The average molecular weight is 212 g/mol. The van der Waals surface area contributed by atoms with Crippen LogP contribution in [0.3, 0.4) is 0 Å². The highest BCUT2D eigenvalue weighted by molar-refractivity contribution is 5.99. The molecule has 0 aliphatic carbocycles. The van der Waals surface area contributed by atoms with Gasteiger partial charge in [0.15, 0.2) is 0 Å². The summed E-state index contributed by atoms with van der Waals surface area (Å²) in [4.78, 5) is 4.47.